The lowest BCUT2D eigenvalue weighted by Gasteiger charge is -2.31. The van der Waals surface area contributed by atoms with Crippen LogP contribution < -0.4 is 0 Å². The maximum absolute atomic E-state index is 12.7. The lowest BCUT2D eigenvalue weighted by molar-refractivity contribution is 0.0244. The van der Waals surface area contributed by atoms with Crippen molar-refractivity contribution in [1.29, 1.82) is 0 Å². The van der Waals surface area contributed by atoms with Crippen LogP contribution in [0.15, 0.2) is 60.7 Å². The minimum absolute atomic E-state index is 0.179. The lowest BCUT2D eigenvalue weighted by Crippen LogP contribution is -2.29. The van der Waals surface area contributed by atoms with E-state index in [0.29, 0.717) is 22.6 Å². The van der Waals surface area contributed by atoms with Gasteiger partial charge in [-0.1, -0.05) is 56.3 Å². The van der Waals surface area contributed by atoms with E-state index in [9.17, 15) is 20.1 Å². The second-order valence-electron chi connectivity index (χ2n) is 7.22. The van der Waals surface area contributed by atoms with Crippen molar-refractivity contribution >= 4 is 5.97 Å². The van der Waals surface area contributed by atoms with E-state index in [4.69, 9.17) is 4.74 Å². The first-order chi connectivity index (χ1) is 13.4. The number of rotatable bonds is 3. The molecule has 5 heteroatoms. The molecule has 0 aliphatic carbocycles. The predicted octanol–water partition coefficient (Wildman–Crippen LogP) is 4.39. The van der Waals surface area contributed by atoms with Gasteiger partial charge in [0.05, 0.1) is 11.1 Å². The van der Waals surface area contributed by atoms with Crippen molar-refractivity contribution in [2.24, 2.45) is 0 Å². The SMILES string of the molecule is CC(C)c1ccc(C2(c3ccc(O)c(O)c3O)OC(=O)c3ccccc32)cc1. The number of hydrogen-bond donors (Lipinski definition) is 3. The average Bonchev–Trinajstić information content (AvgIpc) is 3.00. The molecule has 1 heterocycles. The summed E-state index contributed by atoms with van der Waals surface area (Å²) in [6, 6.07) is 17.3. The van der Waals surface area contributed by atoms with Gasteiger partial charge < -0.3 is 20.1 Å². The van der Waals surface area contributed by atoms with Crippen LogP contribution in [0.5, 0.6) is 17.2 Å². The standard InChI is InChI=1S/C23H20O5/c1-13(2)14-7-9-15(10-8-14)23(18-11-12-19(24)21(26)20(18)25)17-6-4-3-5-16(17)22(27)28-23/h3-13,24-26H,1-2H3. The largest absolute Gasteiger partial charge is 0.504 e. The van der Waals surface area contributed by atoms with Gasteiger partial charge in [-0.25, -0.2) is 4.79 Å². The Morgan fingerprint density at radius 1 is 0.821 bits per heavy atom. The molecule has 1 aliphatic heterocycles. The van der Waals surface area contributed by atoms with Gasteiger partial charge in [-0.2, -0.15) is 0 Å². The van der Waals surface area contributed by atoms with Crippen LogP contribution in [0.3, 0.4) is 0 Å². The van der Waals surface area contributed by atoms with Gasteiger partial charge in [0, 0.05) is 11.1 Å². The summed E-state index contributed by atoms with van der Waals surface area (Å²) in [5.74, 6) is -1.83. The molecule has 142 valence electrons. The summed E-state index contributed by atoms with van der Waals surface area (Å²) >= 11 is 0. The van der Waals surface area contributed by atoms with E-state index in [1.807, 2.05) is 24.3 Å². The highest BCUT2D eigenvalue weighted by Gasteiger charge is 2.50. The third-order valence-corrected chi connectivity index (χ3v) is 5.27. The summed E-state index contributed by atoms with van der Waals surface area (Å²) in [6.45, 7) is 4.17. The van der Waals surface area contributed by atoms with Crippen LogP contribution in [0, 0.1) is 0 Å². The van der Waals surface area contributed by atoms with Crippen molar-refractivity contribution in [3.63, 3.8) is 0 Å². The quantitative estimate of drug-likeness (QED) is 0.466. The zero-order valence-electron chi connectivity index (χ0n) is 15.5. The molecule has 3 aromatic carbocycles. The highest BCUT2D eigenvalue weighted by molar-refractivity contribution is 5.96. The van der Waals surface area contributed by atoms with E-state index in [1.165, 1.54) is 12.1 Å². The highest BCUT2D eigenvalue weighted by Crippen LogP contribution is 2.52. The van der Waals surface area contributed by atoms with Crippen LogP contribution in [-0.2, 0) is 10.3 Å². The van der Waals surface area contributed by atoms with Gasteiger partial charge in [0.1, 0.15) is 0 Å². The molecule has 0 saturated carbocycles. The van der Waals surface area contributed by atoms with E-state index in [1.54, 1.807) is 24.3 Å². The summed E-state index contributed by atoms with van der Waals surface area (Å²) in [6.07, 6.45) is 0. The summed E-state index contributed by atoms with van der Waals surface area (Å²) in [4.78, 5) is 12.7. The summed E-state index contributed by atoms with van der Waals surface area (Å²) in [5, 5.41) is 30.5. The molecule has 0 bridgehead atoms. The second kappa shape index (κ2) is 6.30. The minimum Gasteiger partial charge on any atom is -0.504 e. The Labute approximate surface area is 162 Å². The van der Waals surface area contributed by atoms with Crippen LogP contribution >= 0.6 is 0 Å². The summed E-state index contributed by atoms with van der Waals surface area (Å²) in [7, 11) is 0. The van der Waals surface area contributed by atoms with Gasteiger partial charge >= 0.3 is 5.97 Å². The van der Waals surface area contributed by atoms with Gasteiger partial charge in [-0.05, 0) is 29.7 Å². The molecule has 3 N–H and O–H groups in total. The van der Waals surface area contributed by atoms with E-state index in [0.717, 1.165) is 5.56 Å². The molecular weight excluding hydrogens is 356 g/mol. The monoisotopic (exact) mass is 376 g/mol. The zero-order chi connectivity index (χ0) is 20.1. The van der Waals surface area contributed by atoms with Gasteiger partial charge in [0.2, 0.25) is 5.75 Å². The maximum Gasteiger partial charge on any atom is 0.340 e. The molecule has 1 unspecified atom stereocenters. The lowest BCUT2D eigenvalue weighted by atomic mass is 9.79. The Hall–Kier alpha value is -3.47. The molecule has 0 fully saturated rings. The first-order valence-electron chi connectivity index (χ1n) is 9.04. The van der Waals surface area contributed by atoms with E-state index in [2.05, 4.69) is 13.8 Å². The Balaban J connectivity index is 2.04. The van der Waals surface area contributed by atoms with Crippen molar-refractivity contribution in [3.05, 3.63) is 88.5 Å². The molecule has 3 aromatic rings. The van der Waals surface area contributed by atoms with Crippen molar-refractivity contribution in [2.75, 3.05) is 0 Å². The molecule has 0 saturated heterocycles. The molecule has 0 aromatic heterocycles. The predicted molar refractivity (Wildman–Crippen MR) is 104 cm³/mol. The van der Waals surface area contributed by atoms with Gasteiger partial charge in [-0.3, -0.25) is 0 Å². The molecule has 5 nitrogen and oxygen atoms in total. The fourth-order valence-electron chi connectivity index (χ4n) is 3.74. The number of esters is 1. The van der Waals surface area contributed by atoms with Crippen LogP contribution in [0.25, 0.3) is 0 Å². The van der Waals surface area contributed by atoms with Crippen molar-refractivity contribution in [1.82, 2.24) is 0 Å². The van der Waals surface area contributed by atoms with Crippen LogP contribution in [0.4, 0.5) is 0 Å². The van der Waals surface area contributed by atoms with Crippen LogP contribution in [0.1, 0.15) is 52.4 Å². The van der Waals surface area contributed by atoms with E-state index < -0.39 is 28.8 Å². The first kappa shape index (κ1) is 17.9. The number of phenolic OH excluding ortho intramolecular Hbond substituents is 3. The molecule has 28 heavy (non-hydrogen) atoms. The fourth-order valence-corrected chi connectivity index (χ4v) is 3.74. The van der Waals surface area contributed by atoms with Crippen LogP contribution in [-0.4, -0.2) is 21.3 Å². The molecule has 0 amide bonds. The van der Waals surface area contributed by atoms with Crippen molar-refractivity contribution in [3.8, 4) is 17.2 Å². The fraction of sp³-hybridized carbons (Fsp3) is 0.174. The average molecular weight is 376 g/mol. The number of phenols is 3. The topological polar surface area (TPSA) is 87.0 Å². The summed E-state index contributed by atoms with van der Waals surface area (Å²) < 4.78 is 5.88. The molecule has 0 radical (unpaired) electrons. The Morgan fingerprint density at radius 3 is 2.18 bits per heavy atom. The number of benzene rings is 3. The third kappa shape index (κ3) is 2.43. The smallest absolute Gasteiger partial charge is 0.340 e. The Kier molecular flexibility index (Phi) is 4.03. The number of hydrogen-bond acceptors (Lipinski definition) is 5. The van der Waals surface area contributed by atoms with Crippen molar-refractivity contribution < 1.29 is 24.9 Å². The molecule has 4 rings (SSSR count). The van der Waals surface area contributed by atoms with Crippen molar-refractivity contribution in [2.45, 2.75) is 25.4 Å². The Bertz CT molecular complexity index is 1070. The number of carbonyl (C=O) groups excluding carboxylic acids is 1. The van der Waals surface area contributed by atoms with E-state index in [-0.39, 0.29) is 5.56 Å². The minimum atomic E-state index is -1.43. The molecular formula is C23H20O5. The maximum atomic E-state index is 12.7. The zero-order valence-corrected chi connectivity index (χ0v) is 15.5. The summed E-state index contributed by atoms with van der Waals surface area (Å²) in [5.41, 5.74) is 1.46. The number of cyclic esters (lactones) is 1. The Morgan fingerprint density at radius 2 is 1.50 bits per heavy atom. The second-order valence-corrected chi connectivity index (χ2v) is 7.22. The molecule has 0 spiro atoms. The third-order valence-electron chi connectivity index (χ3n) is 5.27. The normalized spacial score (nSPS) is 18.2. The van der Waals surface area contributed by atoms with Gasteiger partial charge in [0.25, 0.3) is 0 Å². The first-order valence-corrected chi connectivity index (χ1v) is 9.04. The van der Waals surface area contributed by atoms with Gasteiger partial charge in [0.15, 0.2) is 17.1 Å². The number of aromatic hydroxyl groups is 3. The highest BCUT2D eigenvalue weighted by atomic mass is 16.6. The van der Waals surface area contributed by atoms with Crippen LogP contribution in [0.2, 0.25) is 0 Å². The number of fused-ring (bicyclic) bond motifs is 1. The van der Waals surface area contributed by atoms with E-state index >= 15 is 0 Å². The number of carbonyl (C=O) groups is 1. The molecule has 1 atom stereocenters. The number of ether oxygens (including phenoxy) is 1. The molecule has 1 aliphatic rings. The van der Waals surface area contributed by atoms with Gasteiger partial charge in [-0.15, -0.1) is 0 Å².